The fourth-order valence-corrected chi connectivity index (χ4v) is 2.16. The minimum atomic E-state index is -4.39. The van der Waals surface area contributed by atoms with Crippen LogP contribution in [-0.2, 0) is 6.18 Å². The summed E-state index contributed by atoms with van der Waals surface area (Å²) >= 11 is 0. The molecule has 26 heavy (non-hydrogen) atoms. The first-order chi connectivity index (χ1) is 12.3. The van der Waals surface area contributed by atoms with Crippen LogP contribution in [0.2, 0.25) is 0 Å². The van der Waals surface area contributed by atoms with Gasteiger partial charge in [-0.05, 0) is 43.3 Å². The number of rotatable bonds is 4. The van der Waals surface area contributed by atoms with E-state index < -0.39 is 11.7 Å². The normalized spacial score (nSPS) is 11.2. The topological polar surface area (TPSA) is 73.1 Å². The molecule has 5 nitrogen and oxygen atoms in total. The summed E-state index contributed by atoms with van der Waals surface area (Å²) in [4.78, 5) is 8.01. The monoisotopic (exact) mass is 360 g/mol. The van der Waals surface area contributed by atoms with Crippen LogP contribution >= 0.6 is 0 Å². The van der Waals surface area contributed by atoms with Crippen LogP contribution in [0.3, 0.4) is 0 Å². The van der Waals surface area contributed by atoms with Crippen LogP contribution in [0, 0.1) is 6.92 Å². The van der Waals surface area contributed by atoms with E-state index in [1.54, 1.807) is 12.1 Å². The third-order valence-corrected chi connectivity index (χ3v) is 3.56. The van der Waals surface area contributed by atoms with Crippen LogP contribution in [-0.4, -0.2) is 9.97 Å². The van der Waals surface area contributed by atoms with E-state index in [4.69, 9.17) is 10.5 Å². The molecule has 0 aliphatic heterocycles. The average Bonchev–Trinajstić information content (AvgIpc) is 2.60. The lowest BCUT2D eigenvalue weighted by molar-refractivity contribution is -0.137. The number of alkyl halides is 3. The van der Waals surface area contributed by atoms with Gasteiger partial charge in [-0.15, -0.1) is 0 Å². The lowest BCUT2D eigenvalue weighted by atomic mass is 10.2. The summed E-state index contributed by atoms with van der Waals surface area (Å²) in [7, 11) is 0. The van der Waals surface area contributed by atoms with Crippen molar-refractivity contribution in [2.75, 3.05) is 11.1 Å². The van der Waals surface area contributed by atoms with Gasteiger partial charge in [-0.2, -0.15) is 18.2 Å². The Kier molecular flexibility index (Phi) is 4.66. The highest BCUT2D eigenvalue weighted by Gasteiger charge is 2.29. The van der Waals surface area contributed by atoms with Crippen molar-refractivity contribution in [1.82, 2.24) is 9.97 Å². The molecule has 0 radical (unpaired) electrons. The summed E-state index contributed by atoms with van der Waals surface area (Å²) in [6, 6.07) is 11.9. The first-order valence-electron chi connectivity index (χ1n) is 7.62. The second kappa shape index (κ2) is 6.91. The summed E-state index contributed by atoms with van der Waals surface area (Å²) in [5.41, 5.74) is 6.92. The Balaban J connectivity index is 1.79. The minimum Gasteiger partial charge on any atom is -0.437 e. The number of halogens is 3. The predicted octanol–water partition coefficient (Wildman–Crippen LogP) is 4.92. The fraction of sp³-hybridized carbons (Fsp3) is 0.111. The predicted molar refractivity (Wildman–Crippen MR) is 92.4 cm³/mol. The molecule has 3 aromatic rings. The molecule has 1 aromatic heterocycles. The number of anilines is 3. The quantitative estimate of drug-likeness (QED) is 0.691. The van der Waals surface area contributed by atoms with Crippen LogP contribution in [0.5, 0.6) is 11.6 Å². The first kappa shape index (κ1) is 17.5. The molecule has 1 heterocycles. The Bertz CT molecular complexity index is 894. The van der Waals surface area contributed by atoms with Crippen molar-refractivity contribution >= 4 is 17.2 Å². The molecule has 0 saturated heterocycles. The zero-order valence-corrected chi connectivity index (χ0v) is 13.7. The Hall–Kier alpha value is -3.29. The van der Waals surface area contributed by atoms with E-state index in [1.165, 1.54) is 18.5 Å². The molecule has 0 saturated carbocycles. The van der Waals surface area contributed by atoms with E-state index in [0.717, 1.165) is 17.7 Å². The number of nitrogen functional groups attached to an aromatic ring is 1. The van der Waals surface area contributed by atoms with Crippen LogP contribution in [0.25, 0.3) is 0 Å². The van der Waals surface area contributed by atoms with Gasteiger partial charge in [0, 0.05) is 5.69 Å². The lowest BCUT2D eigenvalue weighted by Gasteiger charge is -2.12. The number of nitrogens with two attached hydrogens (primary N) is 1. The molecule has 0 amide bonds. The number of benzene rings is 2. The molecular weight excluding hydrogens is 345 g/mol. The van der Waals surface area contributed by atoms with Gasteiger partial charge in [-0.3, -0.25) is 0 Å². The highest BCUT2D eigenvalue weighted by atomic mass is 19.4. The summed E-state index contributed by atoms with van der Waals surface area (Å²) in [5, 5.41) is 2.86. The maximum absolute atomic E-state index is 12.6. The van der Waals surface area contributed by atoms with Gasteiger partial charge in [0.1, 0.15) is 17.8 Å². The van der Waals surface area contributed by atoms with Crippen molar-refractivity contribution in [3.05, 3.63) is 66.0 Å². The van der Waals surface area contributed by atoms with E-state index in [9.17, 15) is 13.2 Å². The van der Waals surface area contributed by atoms with Gasteiger partial charge < -0.3 is 15.8 Å². The summed E-state index contributed by atoms with van der Waals surface area (Å²) < 4.78 is 43.5. The lowest BCUT2D eigenvalue weighted by Crippen LogP contribution is -2.05. The molecule has 3 rings (SSSR count). The number of nitrogens with zero attached hydrogens (tertiary/aromatic N) is 2. The van der Waals surface area contributed by atoms with Gasteiger partial charge in [0.15, 0.2) is 5.82 Å². The van der Waals surface area contributed by atoms with E-state index in [1.807, 2.05) is 19.1 Å². The molecular formula is C18H15F3N4O. The Morgan fingerprint density at radius 1 is 0.962 bits per heavy atom. The van der Waals surface area contributed by atoms with Gasteiger partial charge in [-0.1, -0.05) is 17.7 Å². The summed E-state index contributed by atoms with van der Waals surface area (Å²) in [6.45, 7) is 1.95. The largest absolute Gasteiger partial charge is 0.437 e. The Morgan fingerprint density at radius 3 is 2.23 bits per heavy atom. The summed E-state index contributed by atoms with van der Waals surface area (Å²) in [6.07, 6.45) is -3.13. The van der Waals surface area contributed by atoms with Crippen LogP contribution < -0.4 is 15.8 Å². The third-order valence-electron chi connectivity index (χ3n) is 3.56. The number of nitrogens with one attached hydrogen (secondary N) is 1. The van der Waals surface area contributed by atoms with E-state index in [2.05, 4.69) is 15.3 Å². The van der Waals surface area contributed by atoms with Crippen molar-refractivity contribution in [3.8, 4) is 11.6 Å². The second-order valence-corrected chi connectivity index (χ2v) is 5.56. The van der Waals surface area contributed by atoms with Crippen molar-refractivity contribution in [2.24, 2.45) is 0 Å². The minimum absolute atomic E-state index is 0.146. The van der Waals surface area contributed by atoms with Gasteiger partial charge in [-0.25, -0.2) is 4.98 Å². The second-order valence-electron chi connectivity index (χ2n) is 5.56. The standard InChI is InChI=1S/C18H15F3N4O/c1-11-2-8-14(9-3-11)26-17-15(22)16(23-10-24-17)25-13-6-4-12(5-7-13)18(19,20)21/h2-10H,22H2,1H3,(H,23,24,25). The van der Waals surface area contributed by atoms with Crippen LogP contribution in [0.1, 0.15) is 11.1 Å². The average molecular weight is 360 g/mol. The van der Waals surface area contributed by atoms with E-state index >= 15 is 0 Å². The molecule has 134 valence electrons. The van der Waals surface area contributed by atoms with Crippen molar-refractivity contribution in [1.29, 1.82) is 0 Å². The van der Waals surface area contributed by atoms with E-state index in [0.29, 0.717) is 11.4 Å². The van der Waals surface area contributed by atoms with Gasteiger partial charge in [0.05, 0.1) is 5.56 Å². The number of ether oxygens (including phenoxy) is 1. The number of hydrogen-bond acceptors (Lipinski definition) is 5. The molecule has 0 aliphatic rings. The molecule has 0 fully saturated rings. The van der Waals surface area contributed by atoms with Crippen LogP contribution in [0.4, 0.5) is 30.4 Å². The van der Waals surface area contributed by atoms with Crippen molar-refractivity contribution in [2.45, 2.75) is 13.1 Å². The smallest absolute Gasteiger partial charge is 0.416 e. The fourth-order valence-electron chi connectivity index (χ4n) is 2.16. The maximum Gasteiger partial charge on any atom is 0.416 e. The maximum atomic E-state index is 12.6. The number of aromatic nitrogens is 2. The molecule has 8 heteroatoms. The zero-order valence-electron chi connectivity index (χ0n) is 13.7. The van der Waals surface area contributed by atoms with Gasteiger partial charge >= 0.3 is 6.18 Å². The Labute approximate surface area is 147 Å². The molecule has 0 unspecified atom stereocenters. The molecule has 0 spiro atoms. The molecule has 0 bridgehead atoms. The van der Waals surface area contributed by atoms with Crippen LogP contribution in [0.15, 0.2) is 54.9 Å². The Morgan fingerprint density at radius 2 is 1.62 bits per heavy atom. The third kappa shape index (κ3) is 4.02. The highest BCUT2D eigenvalue weighted by molar-refractivity contribution is 5.72. The van der Waals surface area contributed by atoms with E-state index in [-0.39, 0.29) is 17.4 Å². The van der Waals surface area contributed by atoms with Gasteiger partial charge in [0.2, 0.25) is 5.88 Å². The van der Waals surface area contributed by atoms with Crippen molar-refractivity contribution in [3.63, 3.8) is 0 Å². The molecule has 0 aliphatic carbocycles. The number of hydrogen-bond donors (Lipinski definition) is 2. The molecule has 2 aromatic carbocycles. The molecule has 3 N–H and O–H groups in total. The van der Waals surface area contributed by atoms with Gasteiger partial charge in [0.25, 0.3) is 0 Å². The van der Waals surface area contributed by atoms with Crippen molar-refractivity contribution < 1.29 is 17.9 Å². The number of aryl methyl sites for hydroxylation is 1. The zero-order chi connectivity index (χ0) is 18.7. The highest BCUT2D eigenvalue weighted by Crippen LogP contribution is 2.33. The first-order valence-corrected chi connectivity index (χ1v) is 7.62. The SMILES string of the molecule is Cc1ccc(Oc2ncnc(Nc3ccc(C(F)(F)F)cc3)c2N)cc1. The molecule has 0 atom stereocenters. The summed E-state index contributed by atoms with van der Waals surface area (Å²) in [5.74, 6) is 0.946.